The molecule has 6 nitrogen and oxygen atoms in total. The molecule has 2 aromatic carbocycles. The Morgan fingerprint density at radius 3 is 2.57 bits per heavy atom. The van der Waals surface area contributed by atoms with Crippen molar-refractivity contribution >= 4 is 46.2 Å². The lowest BCUT2D eigenvalue weighted by Gasteiger charge is -2.09. The van der Waals surface area contributed by atoms with Crippen molar-refractivity contribution in [2.75, 3.05) is 17.2 Å². The number of carbonyl (C=O) groups is 1. The van der Waals surface area contributed by atoms with Crippen LogP contribution in [0.25, 0.3) is 0 Å². The van der Waals surface area contributed by atoms with Crippen molar-refractivity contribution in [1.29, 1.82) is 0 Å². The lowest BCUT2D eigenvalue weighted by molar-refractivity contribution is -0.384. The second-order valence-electron chi connectivity index (χ2n) is 4.45. The molecule has 2 N–H and O–H groups in total. The highest BCUT2D eigenvalue weighted by Gasteiger charge is 2.13. The van der Waals surface area contributed by atoms with Crippen molar-refractivity contribution in [2.45, 2.75) is 0 Å². The Kier molecular flexibility index (Phi) is 5.36. The molecule has 23 heavy (non-hydrogen) atoms. The monoisotopic (exact) mass is 357 g/mol. The number of anilines is 2. The van der Waals surface area contributed by atoms with Crippen LogP contribution in [0.2, 0.25) is 10.0 Å². The minimum Gasteiger partial charge on any atom is -0.376 e. The Morgan fingerprint density at radius 2 is 1.91 bits per heavy atom. The zero-order valence-electron chi connectivity index (χ0n) is 11.5. The minimum absolute atomic E-state index is 0.00287. The van der Waals surface area contributed by atoms with Crippen molar-refractivity contribution in [3.05, 3.63) is 62.4 Å². The van der Waals surface area contributed by atoms with Crippen LogP contribution in [0.15, 0.2) is 36.4 Å². The van der Waals surface area contributed by atoms with Gasteiger partial charge in [-0.15, -0.1) is 0 Å². The third kappa shape index (κ3) is 4.54. The fraction of sp³-hybridized carbons (Fsp3) is 0.0714. The highest BCUT2D eigenvalue weighted by molar-refractivity contribution is 6.33. The van der Waals surface area contributed by atoms with Crippen molar-refractivity contribution in [3.63, 3.8) is 0 Å². The van der Waals surface area contributed by atoms with Crippen LogP contribution in [0.5, 0.6) is 0 Å². The minimum atomic E-state index is -0.619. The SMILES string of the molecule is O=C(CNc1ccc(Cl)c([N+](=O)[O-])c1)Nc1ccc(F)cc1Cl. The summed E-state index contributed by atoms with van der Waals surface area (Å²) in [6.07, 6.45) is 0. The number of nitro groups is 1. The number of nitrogens with one attached hydrogen (secondary N) is 2. The van der Waals surface area contributed by atoms with E-state index in [2.05, 4.69) is 10.6 Å². The summed E-state index contributed by atoms with van der Waals surface area (Å²) >= 11 is 11.5. The Morgan fingerprint density at radius 1 is 1.17 bits per heavy atom. The first-order chi connectivity index (χ1) is 10.9. The third-order valence-electron chi connectivity index (χ3n) is 2.80. The molecule has 2 rings (SSSR count). The summed E-state index contributed by atoms with van der Waals surface area (Å²) in [7, 11) is 0. The molecule has 0 aliphatic carbocycles. The second kappa shape index (κ2) is 7.26. The van der Waals surface area contributed by atoms with Crippen LogP contribution in [0.1, 0.15) is 0 Å². The summed E-state index contributed by atoms with van der Waals surface area (Å²) in [5, 5.41) is 16.1. The average molecular weight is 358 g/mol. The summed E-state index contributed by atoms with van der Waals surface area (Å²) < 4.78 is 12.9. The molecular weight excluding hydrogens is 348 g/mol. The van der Waals surface area contributed by atoms with Gasteiger partial charge in [-0.2, -0.15) is 0 Å². The Bertz CT molecular complexity index is 771. The van der Waals surface area contributed by atoms with Crippen LogP contribution >= 0.6 is 23.2 Å². The number of nitrogens with zero attached hydrogens (tertiary/aromatic N) is 1. The zero-order chi connectivity index (χ0) is 17.0. The van der Waals surface area contributed by atoms with E-state index in [1.54, 1.807) is 0 Å². The van der Waals surface area contributed by atoms with Gasteiger partial charge in [-0.05, 0) is 30.3 Å². The van der Waals surface area contributed by atoms with Crippen LogP contribution in [0.3, 0.4) is 0 Å². The molecule has 2 aromatic rings. The van der Waals surface area contributed by atoms with Crippen molar-refractivity contribution in [2.24, 2.45) is 0 Å². The Balaban J connectivity index is 1.99. The number of nitro benzene ring substituents is 1. The zero-order valence-corrected chi connectivity index (χ0v) is 13.0. The van der Waals surface area contributed by atoms with Gasteiger partial charge < -0.3 is 10.6 Å². The van der Waals surface area contributed by atoms with Gasteiger partial charge in [-0.1, -0.05) is 23.2 Å². The van der Waals surface area contributed by atoms with Crippen molar-refractivity contribution in [3.8, 4) is 0 Å². The van der Waals surface area contributed by atoms with Gasteiger partial charge in [-0.25, -0.2) is 4.39 Å². The van der Waals surface area contributed by atoms with Crippen LogP contribution in [-0.4, -0.2) is 17.4 Å². The lowest BCUT2D eigenvalue weighted by atomic mass is 10.2. The third-order valence-corrected chi connectivity index (χ3v) is 3.43. The predicted molar refractivity (Wildman–Crippen MR) is 86.6 cm³/mol. The van der Waals surface area contributed by atoms with E-state index in [1.165, 1.54) is 24.3 Å². The summed E-state index contributed by atoms with van der Waals surface area (Å²) in [4.78, 5) is 22.0. The fourth-order valence-corrected chi connectivity index (χ4v) is 2.13. The van der Waals surface area contributed by atoms with Gasteiger partial charge in [0.25, 0.3) is 5.69 Å². The maximum absolute atomic E-state index is 12.9. The number of benzene rings is 2. The van der Waals surface area contributed by atoms with E-state index in [9.17, 15) is 19.3 Å². The topological polar surface area (TPSA) is 84.3 Å². The van der Waals surface area contributed by atoms with E-state index in [4.69, 9.17) is 23.2 Å². The maximum Gasteiger partial charge on any atom is 0.289 e. The Labute approximate surface area is 140 Å². The first-order valence-electron chi connectivity index (χ1n) is 6.29. The summed E-state index contributed by atoms with van der Waals surface area (Å²) in [6, 6.07) is 7.66. The van der Waals surface area contributed by atoms with Gasteiger partial charge in [0.05, 0.1) is 22.2 Å². The molecule has 0 saturated carbocycles. The average Bonchev–Trinajstić information content (AvgIpc) is 2.49. The molecule has 0 spiro atoms. The van der Waals surface area contributed by atoms with Crippen LogP contribution < -0.4 is 10.6 Å². The molecule has 0 heterocycles. The van der Waals surface area contributed by atoms with E-state index in [-0.39, 0.29) is 28.0 Å². The smallest absolute Gasteiger partial charge is 0.289 e. The van der Waals surface area contributed by atoms with E-state index in [0.717, 1.165) is 12.1 Å². The van der Waals surface area contributed by atoms with Gasteiger partial charge in [0.1, 0.15) is 10.8 Å². The van der Waals surface area contributed by atoms with E-state index in [0.29, 0.717) is 5.69 Å². The fourth-order valence-electron chi connectivity index (χ4n) is 1.73. The van der Waals surface area contributed by atoms with Crippen molar-refractivity contribution in [1.82, 2.24) is 0 Å². The molecule has 0 fully saturated rings. The number of amides is 1. The van der Waals surface area contributed by atoms with Gasteiger partial charge in [-0.3, -0.25) is 14.9 Å². The molecule has 0 saturated heterocycles. The second-order valence-corrected chi connectivity index (χ2v) is 5.26. The largest absolute Gasteiger partial charge is 0.376 e. The number of hydrogen-bond acceptors (Lipinski definition) is 4. The van der Waals surface area contributed by atoms with Crippen LogP contribution in [0, 0.1) is 15.9 Å². The number of halogens is 3. The summed E-state index contributed by atoms with van der Waals surface area (Å²) in [6.45, 7) is -0.160. The van der Waals surface area contributed by atoms with Gasteiger partial charge in [0.15, 0.2) is 0 Å². The lowest BCUT2D eigenvalue weighted by Crippen LogP contribution is -2.22. The molecule has 0 aromatic heterocycles. The molecule has 0 aliphatic rings. The van der Waals surface area contributed by atoms with Gasteiger partial charge >= 0.3 is 0 Å². The van der Waals surface area contributed by atoms with Crippen LogP contribution in [0.4, 0.5) is 21.5 Å². The molecule has 9 heteroatoms. The highest BCUT2D eigenvalue weighted by Crippen LogP contribution is 2.27. The summed E-state index contributed by atoms with van der Waals surface area (Å²) in [5.74, 6) is -0.962. The van der Waals surface area contributed by atoms with Crippen LogP contribution in [-0.2, 0) is 4.79 Å². The van der Waals surface area contributed by atoms with Crippen molar-refractivity contribution < 1.29 is 14.1 Å². The molecule has 120 valence electrons. The first kappa shape index (κ1) is 17.0. The number of carbonyl (C=O) groups excluding carboxylic acids is 1. The maximum atomic E-state index is 12.9. The van der Waals surface area contributed by atoms with Gasteiger partial charge in [0, 0.05) is 11.8 Å². The van der Waals surface area contributed by atoms with E-state index >= 15 is 0 Å². The number of hydrogen-bond donors (Lipinski definition) is 2. The molecule has 0 aliphatic heterocycles. The van der Waals surface area contributed by atoms with Gasteiger partial charge in [0.2, 0.25) is 5.91 Å². The van der Waals surface area contributed by atoms with E-state index < -0.39 is 16.6 Å². The first-order valence-corrected chi connectivity index (χ1v) is 7.05. The Hall–Kier alpha value is -2.38. The highest BCUT2D eigenvalue weighted by atomic mass is 35.5. The standard InChI is InChI=1S/C14H10Cl2FN3O3/c15-10-3-2-9(6-13(10)20(22)23)18-7-14(21)19-12-4-1-8(17)5-11(12)16/h1-6,18H,7H2,(H,19,21). The summed E-state index contributed by atoms with van der Waals surface area (Å²) in [5.41, 5.74) is 0.363. The molecule has 0 bridgehead atoms. The predicted octanol–water partition coefficient (Wildman–Crippen LogP) is 4.09. The molecular formula is C14H10Cl2FN3O3. The number of rotatable bonds is 5. The molecule has 0 unspecified atom stereocenters. The van der Waals surface area contributed by atoms with E-state index in [1.807, 2.05) is 0 Å². The quantitative estimate of drug-likeness (QED) is 0.623. The normalized spacial score (nSPS) is 10.2. The molecule has 0 radical (unpaired) electrons. The molecule has 1 amide bonds. The molecule has 0 atom stereocenters.